The number of hydrogen-bond donors (Lipinski definition) is 3. The van der Waals surface area contributed by atoms with Crippen molar-refractivity contribution in [3.05, 3.63) is 42.1 Å². The molecule has 2 aromatic rings. The lowest BCUT2D eigenvalue weighted by molar-refractivity contribution is -0.140. The normalized spacial score (nSPS) is 18.9. The first kappa shape index (κ1) is 37.0. The Bertz CT molecular complexity index is 1610. The molecule has 0 radical (unpaired) electrons. The summed E-state index contributed by atoms with van der Waals surface area (Å²) < 4.78 is 40.8. The van der Waals surface area contributed by atoms with Gasteiger partial charge in [0.25, 0.3) is 17.7 Å². The summed E-state index contributed by atoms with van der Waals surface area (Å²) in [5.74, 6) is -7.16. The predicted molar refractivity (Wildman–Crippen MR) is 173 cm³/mol. The predicted octanol–water partition coefficient (Wildman–Crippen LogP) is 1.28. The fourth-order valence-corrected chi connectivity index (χ4v) is 5.85. The van der Waals surface area contributed by atoms with Crippen molar-refractivity contribution in [2.75, 3.05) is 52.5 Å². The first-order valence-electron chi connectivity index (χ1n) is 16.8. The number of halogens is 2. The van der Waals surface area contributed by atoms with Crippen molar-refractivity contribution >= 4 is 35.7 Å². The quantitative estimate of drug-likeness (QED) is 0.257. The molecule has 5 amide bonds. The highest BCUT2D eigenvalue weighted by molar-refractivity contribution is 5.96. The number of ether oxygens (including phenoxy) is 2. The number of aliphatic carboxylic acids is 1. The lowest BCUT2D eigenvalue weighted by Crippen LogP contribution is -2.56. The third kappa shape index (κ3) is 9.70. The number of carboxylic acid groups (broad SMARTS) is 1. The van der Waals surface area contributed by atoms with Crippen molar-refractivity contribution in [2.45, 2.75) is 57.0 Å². The molecule has 5 rings (SSSR count). The Kier molecular flexibility index (Phi) is 11.7. The minimum absolute atomic E-state index is 0.108. The number of amides is 5. The third-order valence-electron chi connectivity index (χ3n) is 8.78. The smallest absolute Gasteiger partial charge is 0.409 e. The van der Waals surface area contributed by atoms with Crippen molar-refractivity contribution in [3.8, 4) is 11.6 Å². The second-order valence-electron chi connectivity index (χ2n) is 12.7. The highest BCUT2D eigenvalue weighted by Gasteiger charge is 2.50. The Labute approximate surface area is 292 Å². The SMILES string of the molecule is CCOC(=O)N1CCN(C(=O)[C@H](CCC(=O)O)NC(=O)c2cc(OCC(=O)N3CC(F)(F)C[C@H]3C(=O)NCC3CC3)n(-c3ccccc3)n2)CC1. The number of carbonyl (C=O) groups is 6. The van der Waals surface area contributed by atoms with Crippen LogP contribution in [0.4, 0.5) is 13.6 Å². The number of carbonyl (C=O) groups excluding carboxylic acids is 5. The van der Waals surface area contributed by atoms with Gasteiger partial charge in [-0.25, -0.2) is 18.3 Å². The maximum absolute atomic E-state index is 14.4. The maximum Gasteiger partial charge on any atom is 0.409 e. The number of likely N-dealkylation sites (tertiary alicyclic amines) is 1. The molecule has 1 aromatic heterocycles. The number of nitrogens with zero attached hydrogens (tertiary/aromatic N) is 5. The summed E-state index contributed by atoms with van der Waals surface area (Å²) in [4.78, 5) is 80.1. The van der Waals surface area contributed by atoms with Gasteiger partial charge in [0.2, 0.25) is 17.7 Å². The van der Waals surface area contributed by atoms with Crippen molar-refractivity contribution < 1.29 is 52.1 Å². The Morgan fingerprint density at radius 2 is 1.73 bits per heavy atom. The molecule has 51 heavy (non-hydrogen) atoms. The van der Waals surface area contributed by atoms with Crippen molar-refractivity contribution in [1.82, 2.24) is 35.1 Å². The van der Waals surface area contributed by atoms with Crippen LogP contribution in [0.15, 0.2) is 36.4 Å². The summed E-state index contributed by atoms with van der Waals surface area (Å²) >= 11 is 0. The molecule has 0 unspecified atom stereocenters. The minimum atomic E-state index is -3.27. The molecule has 3 heterocycles. The molecule has 0 spiro atoms. The molecule has 3 fully saturated rings. The highest BCUT2D eigenvalue weighted by atomic mass is 19.3. The number of hydrogen-bond acceptors (Lipinski definition) is 9. The number of benzene rings is 1. The van der Waals surface area contributed by atoms with Crippen LogP contribution in [-0.4, -0.2) is 136 Å². The number of aromatic nitrogens is 2. The second kappa shape index (κ2) is 16.2. The molecule has 0 bridgehead atoms. The lowest BCUT2D eigenvalue weighted by Gasteiger charge is -2.35. The Hall–Kier alpha value is -5.29. The molecule has 18 heteroatoms. The monoisotopic (exact) mass is 717 g/mol. The van der Waals surface area contributed by atoms with Gasteiger partial charge in [0.05, 0.1) is 18.8 Å². The van der Waals surface area contributed by atoms with Crippen LogP contribution in [0, 0.1) is 5.92 Å². The fraction of sp³-hybridized carbons (Fsp3) is 0.545. The van der Waals surface area contributed by atoms with E-state index in [4.69, 9.17) is 9.47 Å². The third-order valence-corrected chi connectivity index (χ3v) is 8.78. The molecule has 2 aliphatic heterocycles. The van der Waals surface area contributed by atoms with Crippen LogP contribution in [0.25, 0.3) is 5.69 Å². The Morgan fingerprint density at radius 3 is 2.37 bits per heavy atom. The zero-order valence-corrected chi connectivity index (χ0v) is 28.1. The van der Waals surface area contributed by atoms with E-state index in [1.807, 2.05) is 0 Å². The van der Waals surface area contributed by atoms with E-state index in [0.717, 1.165) is 17.7 Å². The number of rotatable bonds is 14. The standard InChI is InChI=1S/C33H41F2N7O9/c1-2-50-32(49)40-14-12-39(13-15-40)31(48)23(10-11-28(44)45)37-29(46)24-16-27(42(38-24)22-6-4-3-5-7-22)51-19-26(43)41-20-33(34,35)17-25(41)30(47)36-18-21-8-9-21/h3-7,16,21,23,25H,2,8-15,17-20H2,1H3,(H,36,47)(H,37,46)(H,44,45)/t23-,25-/m0/s1. The first-order chi connectivity index (χ1) is 24.3. The van der Waals surface area contributed by atoms with Crippen LogP contribution in [0.2, 0.25) is 0 Å². The molecular weight excluding hydrogens is 676 g/mol. The zero-order valence-electron chi connectivity index (χ0n) is 28.1. The van der Waals surface area contributed by atoms with E-state index in [1.165, 1.54) is 20.5 Å². The summed E-state index contributed by atoms with van der Waals surface area (Å²) in [7, 11) is 0. The number of alkyl halides is 2. The van der Waals surface area contributed by atoms with Gasteiger partial charge in [0.1, 0.15) is 12.1 Å². The largest absolute Gasteiger partial charge is 0.481 e. The van der Waals surface area contributed by atoms with Crippen LogP contribution in [-0.2, 0) is 23.9 Å². The number of para-hydroxylation sites is 1. The van der Waals surface area contributed by atoms with Gasteiger partial charge in [-0.3, -0.25) is 24.0 Å². The van der Waals surface area contributed by atoms with Crippen molar-refractivity contribution in [3.63, 3.8) is 0 Å². The molecule has 1 aromatic carbocycles. The molecule has 3 aliphatic rings. The van der Waals surface area contributed by atoms with E-state index in [2.05, 4.69) is 15.7 Å². The number of piperazine rings is 1. The summed E-state index contributed by atoms with van der Waals surface area (Å²) in [6, 6.07) is 6.96. The topological polar surface area (TPSA) is 193 Å². The molecule has 3 N–H and O–H groups in total. The molecule has 276 valence electrons. The molecule has 2 saturated heterocycles. The van der Waals surface area contributed by atoms with Gasteiger partial charge < -0.3 is 39.9 Å². The van der Waals surface area contributed by atoms with E-state index < -0.39 is 79.7 Å². The lowest BCUT2D eigenvalue weighted by atomic mass is 10.1. The summed E-state index contributed by atoms with van der Waals surface area (Å²) in [5.41, 5.74) is 0.175. The van der Waals surface area contributed by atoms with Crippen LogP contribution in [0.1, 0.15) is 49.5 Å². The van der Waals surface area contributed by atoms with E-state index in [-0.39, 0.29) is 50.8 Å². The van der Waals surface area contributed by atoms with Gasteiger partial charge in [-0.05, 0) is 44.2 Å². The van der Waals surface area contributed by atoms with Gasteiger partial charge >= 0.3 is 12.1 Å². The van der Waals surface area contributed by atoms with Gasteiger partial charge in [-0.15, -0.1) is 0 Å². The maximum atomic E-state index is 14.4. The second-order valence-corrected chi connectivity index (χ2v) is 12.7. The van der Waals surface area contributed by atoms with Crippen LogP contribution >= 0.6 is 0 Å². The average molecular weight is 718 g/mol. The Morgan fingerprint density at radius 1 is 1.04 bits per heavy atom. The van der Waals surface area contributed by atoms with Gasteiger partial charge in [-0.1, -0.05) is 18.2 Å². The van der Waals surface area contributed by atoms with E-state index in [0.29, 0.717) is 18.2 Å². The van der Waals surface area contributed by atoms with Crippen molar-refractivity contribution in [2.24, 2.45) is 5.92 Å². The summed E-state index contributed by atoms with van der Waals surface area (Å²) in [6.45, 7) is 1.17. The molecular formula is C33H41F2N7O9. The number of nitrogens with one attached hydrogen (secondary N) is 2. The van der Waals surface area contributed by atoms with E-state index in [1.54, 1.807) is 37.3 Å². The number of carboxylic acids is 1. The first-order valence-corrected chi connectivity index (χ1v) is 16.8. The zero-order chi connectivity index (χ0) is 36.7. The Balaban J connectivity index is 1.29. The van der Waals surface area contributed by atoms with Crippen LogP contribution in [0.5, 0.6) is 5.88 Å². The van der Waals surface area contributed by atoms with Crippen LogP contribution < -0.4 is 15.4 Å². The summed E-state index contributed by atoms with van der Waals surface area (Å²) in [5, 5.41) is 18.8. The molecule has 1 saturated carbocycles. The molecule has 1 aliphatic carbocycles. The van der Waals surface area contributed by atoms with E-state index >= 15 is 0 Å². The van der Waals surface area contributed by atoms with Crippen LogP contribution in [0.3, 0.4) is 0 Å². The minimum Gasteiger partial charge on any atom is -0.481 e. The summed E-state index contributed by atoms with van der Waals surface area (Å²) in [6.07, 6.45) is -0.0930. The van der Waals surface area contributed by atoms with E-state index in [9.17, 15) is 42.7 Å². The fourth-order valence-electron chi connectivity index (χ4n) is 5.85. The van der Waals surface area contributed by atoms with Gasteiger partial charge in [0, 0.05) is 51.6 Å². The van der Waals surface area contributed by atoms with Gasteiger partial charge in [0.15, 0.2) is 12.3 Å². The van der Waals surface area contributed by atoms with Gasteiger partial charge in [-0.2, -0.15) is 5.10 Å². The average Bonchev–Trinajstić information content (AvgIpc) is 3.75. The van der Waals surface area contributed by atoms with Crippen molar-refractivity contribution in [1.29, 1.82) is 0 Å². The molecule has 16 nitrogen and oxygen atoms in total. The highest BCUT2D eigenvalue weighted by Crippen LogP contribution is 2.33. The molecule has 2 atom stereocenters.